The Morgan fingerprint density at radius 3 is 2.28 bits per heavy atom. The van der Waals surface area contributed by atoms with Crippen molar-refractivity contribution in [3.05, 3.63) is 35.4 Å². The first-order chi connectivity index (χ1) is 8.61. The smallest absolute Gasteiger partial charge is 0.0769 e. The van der Waals surface area contributed by atoms with Crippen LogP contribution in [-0.2, 0) is 6.42 Å². The zero-order chi connectivity index (χ0) is 13.2. The van der Waals surface area contributed by atoms with Crippen molar-refractivity contribution in [1.29, 1.82) is 5.26 Å². The first-order valence-electron chi connectivity index (χ1n) is 6.78. The lowest BCUT2D eigenvalue weighted by atomic mass is 9.90. The van der Waals surface area contributed by atoms with Crippen LogP contribution in [0, 0.1) is 22.7 Å². The summed E-state index contributed by atoms with van der Waals surface area (Å²) >= 11 is 0. The van der Waals surface area contributed by atoms with Crippen LogP contribution in [0.25, 0.3) is 0 Å². The van der Waals surface area contributed by atoms with Crippen molar-refractivity contribution in [1.82, 2.24) is 5.32 Å². The summed E-state index contributed by atoms with van der Waals surface area (Å²) in [6.07, 6.45) is 3.15. The molecule has 0 spiro atoms. The predicted octanol–water partition coefficient (Wildman–Crippen LogP) is 3.45. The molecule has 0 radical (unpaired) electrons. The molecule has 0 saturated heterocycles. The normalized spacial score (nSPS) is 18.4. The van der Waals surface area contributed by atoms with E-state index in [9.17, 15) is 5.26 Å². The second-order valence-corrected chi connectivity index (χ2v) is 5.83. The summed E-state index contributed by atoms with van der Waals surface area (Å²) in [6, 6.07) is 11.4. The zero-order valence-corrected chi connectivity index (χ0v) is 11.5. The Morgan fingerprint density at radius 1 is 1.28 bits per heavy atom. The molecule has 1 saturated carbocycles. The second kappa shape index (κ2) is 5.12. The van der Waals surface area contributed by atoms with E-state index in [1.807, 2.05) is 7.05 Å². The summed E-state index contributed by atoms with van der Waals surface area (Å²) in [7, 11) is 1.95. The van der Waals surface area contributed by atoms with Crippen molar-refractivity contribution in [2.24, 2.45) is 11.3 Å². The third-order valence-corrected chi connectivity index (χ3v) is 3.81. The average Bonchev–Trinajstić information content (AvgIpc) is 3.13. The van der Waals surface area contributed by atoms with Gasteiger partial charge in [-0.1, -0.05) is 38.1 Å². The molecule has 0 bridgehead atoms. The highest BCUT2D eigenvalue weighted by molar-refractivity contribution is 5.31. The maximum absolute atomic E-state index is 9.30. The van der Waals surface area contributed by atoms with Gasteiger partial charge in [0.25, 0.3) is 0 Å². The monoisotopic (exact) mass is 242 g/mol. The van der Waals surface area contributed by atoms with Crippen molar-refractivity contribution in [2.75, 3.05) is 7.05 Å². The van der Waals surface area contributed by atoms with Gasteiger partial charge in [-0.15, -0.1) is 0 Å². The lowest BCUT2D eigenvalue weighted by molar-refractivity contribution is 0.444. The molecule has 1 aromatic carbocycles. The van der Waals surface area contributed by atoms with Gasteiger partial charge in [0.2, 0.25) is 0 Å². The molecule has 0 aromatic heterocycles. The van der Waals surface area contributed by atoms with Gasteiger partial charge in [0.15, 0.2) is 0 Å². The van der Waals surface area contributed by atoms with E-state index in [0.717, 1.165) is 19.3 Å². The van der Waals surface area contributed by atoms with Gasteiger partial charge in [0, 0.05) is 0 Å². The highest BCUT2D eigenvalue weighted by atomic mass is 14.9. The lowest BCUT2D eigenvalue weighted by Gasteiger charge is -2.21. The number of nitriles is 1. The van der Waals surface area contributed by atoms with Gasteiger partial charge in [0.05, 0.1) is 17.5 Å². The fourth-order valence-electron chi connectivity index (χ4n) is 2.68. The molecule has 1 N–H and O–H groups in total. The van der Waals surface area contributed by atoms with E-state index in [-0.39, 0.29) is 11.5 Å². The van der Waals surface area contributed by atoms with Gasteiger partial charge < -0.3 is 5.32 Å². The van der Waals surface area contributed by atoms with Crippen LogP contribution in [0.1, 0.15) is 43.9 Å². The Labute approximate surface area is 110 Å². The molecule has 96 valence electrons. The number of benzene rings is 1. The summed E-state index contributed by atoms with van der Waals surface area (Å²) in [4.78, 5) is 0. The summed E-state index contributed by atoms with van der Waals surface area (Å²) in [5.41, 5.74) is 2.46. The minimum atomic E-state index is -0.158. The quantitative estimate of drug-likeness (QED) is 0.858. The summed E-state index contributed by atoms with van der Waals surface area (Å²) in [6.45, 7) is 4.47. The van der Waals surface area contributed by atoms with E-state index in [1.165, 1.54) is 11.1 Å². The van der Waals surface area contributed by atoms with E-state index in [2.05, 4.69) is 49.5 Å². The highest BCUT2D eigenvalue weighted by Gasteiger charge is 2.50. The molecule has 2 nitrogen and oxygen atoms in total. The maximum atomic E-state index is 9.30. The topological polar surface area (TPSA) is 35.8 Å². The molecule has 0 amide bonds. The summed E-state index contributed by atoms with van der Waals surface area (Å²) < 4.78 is 0. The SMILES string of the molecule is CNC(c1ccc(CC(C)C)cc1)C1(C#N)CC1. The molecular weight excluding hydrogens is 220 g/mol. The molecule has 0 aliphatic heterocycles. The van der Waals surface area contributed by atoms with Gasteiger partial charge in [-0.05, 0) is 43.4 Å². The summed E-state index contributed by atoms with van der Waals surface area (Å²) in [5, 5.41) is 12.6. The standard InChI is InChI=1S/C16H22N2/c1-12(2)10-13-4-6-14(7-5-13)15(18-3)16(11-17)8-9-16/h4-7,12,15,18H,8-10H2,1-3H3. The Balaban J connectivity index is 2.16. The van der Waals surface area contributed by atoms with Crippen LogP contribution in [0.4, 0.5) is 0 Å². The van der Waals surface area contributed by atoms with E-state index in [4.69, 9.17) is 0 Å². The van der Waals surface area contributed by atoms with Crippen molar-refractivity contribution >= 4 is 0 Å². The summed E-state index contributed by atoms with van der Waals surface area (Å²) in [5.74, 6) is 0.685. The van der Waals surface area contributed by atoms with Gasteiger partial charge in [-0.2, -0.15) is 5.26 Å². The molecule has 1 fully saturated rings. The van der Waals surface area contributed by atoms with Crippen LogP contribution in [0.5, 0.6) is 0 Å². The third kappa shape index (κ3) is 2.57. The van der Waals surface area contributed by atoms with E-state index >= 15 is 0 Å². The van der Waals surface area contributed by atoms with Crippen LogP contribution >= 0.6 is 0 Å². The van der Waals surface area contributed by atoms with Crippen LogP contribution in [0.3, 0.4) is 0 Å². The molecule has 1 unspecified atom stereocenters. The first kappa shape index (κ1) is 13.1. The molecule has 2 heteroatoms. The minimum Gasteiger partial charge on any atom is -0.312 e. The molecule has 2 rings (SSSR count). The number of nitrogens with one attached hydrogen (secondary N) is 1. The first-order valence-corrected chi connectivity index (χ1v) is 6.78. The number of hydrogen-bond acceptors (Lipinski definition) is 2. The van der Waals surface area contributed by atoms with E-state index < -0.39 is 0 Å². The van der Waals surface area contributed by atoms with Crippen molar-refractivity contribution in [3.63, 3.8) is 0 Å². The zero-order valence-electron chi connectivity index (χ0n) is 11.5. The fraction of sp³-hybridized carbons (Fsp3) is 0.562. The van der Waals surface area contributed by atoms with Crippen LogP contribution < -0.4 is 5.32 Å². The van der Waals surface area contributed by atoms with Crippen molar-refractivity contribution in [3.8, 4) is 6.07 Å². The van der Waals surface area contributed by atoms with Crippen molar-refractivity contribution in [2.45, 2.75) is 39.2 Å². The third-order valence-electron chi connectivity index (χ3n) is 3.81. The molecular formula is C16H22N2. The fourth-order valence-corrected chi connectivity index (χ4v) is 2.68. The maximum Gasteiger partial charge on any atom is 0.0769 e. The number of rotatable bonds is 5. The molecule has 1 aliphatic rings. The van der Waals surface area contributed by atoms with Gasteiger partial charge in [-0.3, -0.25) is 0 Å². The molecule has 0 heterocycles. The van der Waals surface area contributed by atoms with Crippen LogP contribution in [0.15, 0.2) is 24.3 Å². The largest absolute Gasteiger partial charge is 0.312 e. The lowest BCUT2D eigenvalue weighted by Crippen LogP contribution is -2.25. The molecule has 18 heavy (non-hydrogen) atoms. The van der Waals surface area contributed by atoms with Crippen molar-refractivity contribution < 1.29 is 0 Å². The van der Waals surface area contributed by atoms with Crippen LogP contribution in [0.2, 0.25) is 0 Å². The van der Waals surface area contributed by atoms with E-state index in [1.54, 1.807) is 0 Å². The van der Waals surface area contributed by atoms with E-state index in [0.29, 0.717) is 5.92 Å². The van der Waals surface area contributed by atoms with Crippen LogP contribution in [-0.4, -0.2) is 7.05 Å². The number of hydrogen-bond donors (Lipinski definition) is 1. The Morgan fingerprint density at radius 2 is 1.89 bits per heavy atom. The Hall–Kier alpha value is -1.33. The minimum absolute atomic E-state index is 0.158. The Bertz CT molecular complexity index is 435. The Kier molecular flexibility index (Phi) is 3.73. The molecule has 1 aromatic rings. The number of nitrogens with zero attached hydrogens (tertiary/aromatic N) is 1. The van der Waals surface area contributed by atoms with Gasteiger partial charge in [0.1, 0.15) is 0 Å². The highest BCUT2D eigenvalue weighted by Crippen LogP contribution is 2.54. The molecule has 1 aliphatic carbocycles. The van der Waals surface area contributed by atoms with Gasteiger partial charge >= 0.3 is 0 Å². The average molecular weight is 242 g/mol. The van der Waals surface area contributed by atoms with Gasteiger partial charge in [-0.25, -0.2) is 0 Å². The molecule has 1 atom stereocenters. The second-order valence-electron chi connectivity index (χ2n) is 5.83. The predicted molar refractivity (Wildman–Crippen MR) is 74.1 cm³/mol.